The van der Waals surface area contributed by atoms with Gasteiger partial charge in [0.05, 0.1) is 0 Å². The van der Waals surface area contributed by atoms with Crippen LogP contribution in [0.4, 0.5) is 5.69 Å². The molecule has 0 amide bonds. The first kappa shape index (κ1) is 7.93. The summed E-state index contributed by atoms with van der Waals surface area (Å²) in [6.45, 7) is 0. The summed E-state index contributed by atoms with van der Waals surface area (Å²) in [4.78, 5) is 2.95. The number of benzene rings is 1. The molecule has 45 valence electrons. The van der Waals surface area contributed by atoms with Crippen molar-refractivity contribution < 1.29 is 12.4 Å². The summed E-state index contributed by atoms with van der Waals surface area (Å²) < 4.78 is 0. The SMILES string of the molecule is N#[N+]c1cc[c]cc1.[Cl-]. The molecule has 1 rings (SSSR count). The van der Waals surface area contributed by atoms with Crippen LogP contribution in [0.5, 0.6) is 0 Å². The van der Waals surface area contributed by atoms with Crippen LogP contribution in [0.15, 0.2) is 24.3 Å². The quantitative estimate of drug-likeness (QED) is 0.423. The van der Waals surface area contributed by atoms with Gasteiger partial charge in [-0.3, -0.25) is 0 Å². The Kier molecular flexibility index (Phi) is 3.41. The van der Waals surface area contributed by atoms with Crippen molar-refractivity contribution in [2.75, 3.05) is 0 Å². The number of diazo groups is 1. The van der Waals surface area contributed by atoms with Crippen molar-refractivity contribution in [1.29, 1.82) is 5.39 Å². The van der Waals surface area contributed by atoms with E-state index >= 15 is 0 Å². The van der Waals surface area contributed by atoms with E-state index in [-0.39, 0.29) is 12.4 Å². The summed E-state index contributed by atoms with van der Waals surface area (Å²) in [5.74, 6) is 0. The van der Waals surface area contributed by atoms with E-state index in [9.17, 15) is 0 Å². The lowest BCUT2D eigenvalue weighted by Crippen LogP contribution is -3.00. The summed E-state index contributed by atoms with van der Waals surface area (Å²) in [6.07, 6.45) is 0. The molecule has 0 bridgehead atoms. The minimum atomic E-state index is 0. The van der Waals surface area contributed by atoms with E-state index in [0.717, 1.165) is 0 Å². The lowest BCUT2D eigenvalue weighted by Gasteiger charge is -1.68. The molecule has 0 unspecified atom stereocenters. The lowest BCUT2D eigenvalue weighted by molar-refractivity contribution is -0.00000185. The summed E-state index contributed by atoms with van der Waals surface area (Å²) in [5.41, 5.74) is 0.559. The highest BCUT2D eigenvalue weighted by Gasteiger charge is 1.96. The zero-order valence-electron chi connectivity index (χ0n) is 4.58. The van der Waals surface area contributed by atoms with Gasteiger partial charge in [-0.25, -0.2) is 0 Å². The Bertz CT molecular complexity index is 202. The predicted molar refractivity (Wildman–Crippen MR) is 30.0 cm³/mol. The van der Waals surface area contributed by atoms with Gasteiger partial charge in [-0.1, -0.05) is 0 Å². The first-order valence-corrected chi connectivity index (χ1v) is 2.24. The molecule has 2 nitrogen and oxygen atoms in total. The first-order chi connectivity index (χ1) is 3.93. The minimum absolute atomic E-state index is 0. The Morgan fingerprint density at radius 2 is 1.89 bits per heavy atom. The van der Waals surface area contributed by atoms with Crippen molar-refractivity contribution in [3.05, 3.63) is 35.3 Å². The van der Waals surface area contributed by atoms with Gasteiger partial charge in [0.2, 0.25) is 5.39 Å². The molecule has 0 saturated heterocycles. The fraction of sp³-hybridized carbons (Fsp3) is 0. The Labute approximate surface area is 59.5 Å². The Morgan fingerprint density at radius 3 is 2.22 bits per heavy atom. The summed E-state index contributed by atoms with van der Waals surface area (Å²) in [7, 11) is 0. The van der Waals surface area contributed by atoms with Gasteiger partial charge in [-0.05, 0) is 18.2 Å². The average molecular weight is 140 g/mol. The molecule has 0 saturated carbocycles. The van der Waals surface area contributed by atoms with Gasteiger partial charge >= 0.3 is 5.69 Å². The van der Waals surface area contributed by atoms with Gasteiger partial charge in [0, 0.05) is 12.1 Å². The van der Waals surface area contributed by atoms with E-state index in [4.69, 9.17) is 5.39 Å². The smallest absolute Gasteiger partial charge is 0.385 e. The van der Waals surface area contributed by atoms with Gasteiger partial charge in [0.15, 0.2) is 4.98 Å². The van der Waals surface area contributed by atoms with Gasteiger partial charge in [0.25, 0.3) is 0 Å². The normalized spacial score (nSPS) is 7.00. The molecule has 0 fully saturated rings. The third-order valence-electron chi connectivity index (χ3n) is 0.816. The van der Waals surface area contributed by atoms with E-state index in [0.29, 0.717) is 5.69 Å². The molecule has 0 aromatic heterocycles. The Morgan fingerprint density at radius 1 is 1.33 bits per heavy atom. The molecule has 0 aliphatic heterocycles. The monoisotopic (exact) mass is 139 g/mol. The maximum atomic E-state index is 8.15. The van der Waals surface area contributed by atoms with Crippen LogP contribution in [0.1, 0.15) is 0 Å². The highest BCUT2D eigenvalue weighted by molar-refractivity contribution is 5.41. The molecule has 0 aliphatic rings. The third kappa shape index (κ3) is 2.11. The van der Waals surface area contributed by atoms with Crippen molar-refractivity contribution in [1.82, 2.24) is 0 Å². The van der Waals surface area contributed by atoms with Crippen LogP contribution in [-0.4, -0.2) is 0 Å². The molecule has 0 atom stereocenters. The van der Waals surface area contributed by atoms with E-state index < -0.39 is 0 Å². The van der Waals surface area contributed by atoms with Crippen molar-refractivity contribution in [3.8, 4) is 0 Å². The van der Waals surface area contributed by atoms with Crippen molar-refractivity contribution in [2.45, 2.75) is 0 Å². The standard InChI is InChI=1S/C6H4N2.ClH/c7-8-6-4-2-1-3-5-6;/h2-5H;1H/q+1;/p-1. The molecule has 0 aliphatic carbocycles. The van der Waals surface area contributed by atoms with Crippen molar-refractivity contribution in [3.63, 3.8) is 0 Å². The summed E-state index contributed by atoms with van der Waals surface area (Å²) in [6, 6.07) is 9.51. The van der Waals surface area contributed by atoms with Crippen LogP contribution in [0.3, 0.4) is 0 Å². The molecule has 0 N–H and O–H groups in total. The lowest BCUT2D eigenvalue weighted by atomic mass is 10.3. The van der Waals surface area contributed by atoms with Crippen LogP contribution in [0.2, 0.25) is 0 Å². The summed E-state index contributed by atoms with van der Waals surface area (Å²) in [5, 5.41) is 8.15. The molecule has 0 heterocycles. The maximum Gasteiger partial charge on any atom is 0.385 e. The van der Waals surface area contributed by atoms with E-state index in [1.54, 1.807) is 24.3 Å². The van der Waals surface area contributed by atoms with Crippen LogP contribution in [-0.2, 0) is 0 Å². The molecule has 3 heteroatoms. The first-order valence-electron chi connectivity index (χ1n) is 2.24. The number of hydrogen-bond donors (Lipinski definition) is 0. The number of nitrogens with zero attached hydrogens (tertiary/aromatic N) is 2. The van der Waals surface area contributed by atoms with Crippen molar-refractivity contribution in [2.24, 2.45) is 0 Å². The Hall–Kier alpha value is -1.07. The second-order valence-electron chi connectivity index (χ2n) is 1.36. The second kappa shape index (κ2) is 3.88. The van der Waals surface area contributed by atoms with E-state index in [1.807, 2.05) is 0 Å². The molecular formula is C6H4ClN2. The molecular weight excluding hydrogens is 136 g/mol. The van der Waals surface area contributed by atoms with E-state index in [2.05, 4.69) is 11.0 Å². The van der Waals surface area contributed by atoms with Crippen LogP contribution in [0.25, 0.3) is 4.98 Å². The highest BCUT2D eigenvalue weighted by atomic mass is 35.5. The zero-order chi connectivity index (χ0) is 5.82. The fourth-order valence-electron chi connectivity index (χ4n) is 0.445. The molecule has 0 spiro atoms. The second-order valence-corrected chi connectivity index (χ2v) is 1.36. The third-order valence-corrected chi connectivity index (χ3v) is 0.816. The largest absolute Gasteiger partial charge is 1.00 e. The number of hydrogen-bond acceptors (Lipinski definition) is 1. The van der Waals surface area contributed by atoms with Gasteiger partial charge in [-0.2, -0.15) is 0 Å². The number of halogens is 1. The highest BCUT2D eigenvalue weighted by Crippen LogP contribution is 2.07. The van der Waals surface area contributed by atoms with Gasteiger partial charge < -0.3 is 12.4 Å². The van der Waals surface area contributed by atoms with Crippen molar-refractivity contribution >= 4 is 5.69 Å². The topological polar surface area (TPSA) is 28.1 Å². The van der Waals surface area contributed by atoms with Gasteiger partial charge in [0.1, 0.15) is 0 Å². The Balaban J connectivity index is 0.000000640. The van der Waals surface area contributed by atoms with E-state index in [1.165, 1.54) is 0 Å². The van der Waals surface area contributed by atoms with Gasteiger partial charge in [-0.15, -0.1) is 0 Å². The molecule has 9 heavy (non-hydrogen) atoms. The molecule has 1 aromatic carbocycles. The average Bonchev–Trinajstić information content (AvgIpc) is 1.90. The molecule has 1 radical (unpaired) electrons. The minimum Gasteiger partial charge on any atom is -1.00 e. The predicted octanol–water partition coefficient (Wildman–Crippen LogP) is -1.02. The summed E-state index contributed by atoms with van der Waals surface area (Å²) >= 11 is 0. The fourth-order valence-corrected chi connectivity index (χ4v) is 0.445. The van der Waals surface area contributed by atoms with Crippen LogP contribution >= 0.6 is 0 Å². The zero-order valence-corrected chi connectivity index (χ0v) is 5.34. The van der Waals surface area contributed by atoms with Crippen LogP contribution in [0, 0.1) is 11.5 Å². The van der Waals surface area contributed by atoms with Crippen LogP contribution < -0.4 is 12.4 Å². The maximum absolute atomic E-state index is 8.15. The molecule has 1 aromatic rings. The number of rotatable bonds is 0.